The molecule has 0 spiro atoms. The van der Waals surface area contributed by atoms with Crippen LogP contribution >= 0.6 is 11.3 Å². The number of hydrogen-bond acceptors (Lipinski definition) is 6. The first kappa shape index (κ1) is 17.0. The second-order valence-electron chi connectivity index (χ2n) is 6.75. The molecule has 8 heteroatoms. The summed E-state index contributed by atoms with van der Waals surface area (Å²) in [6.07, 6.45) is 5.34. The average Bonchev–Trinajstić information content (AvgIpc) is 3.42. The van der Waals surface area contributed by atoms with E-state index in [2.05, 4.69) is 20.8 Å². The zero-order valence-corrected chi connectivity index (χ0v) is 15.2. The molecular weight excluding hydrogens is 350 g/mol. The van der Waals surface area contributed by atoms with Gasteiger partial charge in [0, 0.05) is 31.2 Å². The van der Waals surface area contributed by atoms with Crippen LogP contribution in [0.3, 0.4) is 0 Å². The van der Waals surface area contributed by atoms with Crippen molar-refractivity contribution >= 4 is 34.0 Å². The largest absolute Gasteiger partial charge is 0.366 e. The Labute approximate surface area is 155 Å². The number of piperidine rings is 1. The Morgan fingerprint density at radius 3 is 2.62 bits per heavy atom. The molecule has 2 aromatic heterocycles. The number of nitrogens with zero attached hydrogens (tertiary/aromatic N) is 3. The number of hydrogen-bond donors (Lipinski definition) is 2. The number of amides is 2. The number of thiophene rings is 1. The van der Waals surface area contributed by atoms with Crippen molar-refractivity contribution in [3.8, 4) is 0 Å². The summed E-state index contributed by atoms with van der Waals surface area (Å²) in [6.45, 7) is 1.41. The van der Waals surface area contributed by atoms with Crippen LogP contribution in [0.2, 0.25) is 0 Å². The van der Waals surface area contributed by atoms with Gasteiger partial charge >= 0.3 is 0 Å². The Bertz CT molecular complexity index is 782. The van der Waals surface area contributed by atoms with E-state index in [-0.39, 0.29) is 17.7 Å². The lowest BCUT2D eigenvalue weighted by atomic mass is 10.0. The van der Waals surface area contributed by atoms with Crippen LogP contribution in [0.25, 0.3) is 0 Å². The van der Waals surface area contributed by atoms with Gasteiger partial charge in [0.25, 0.3) is 5.91 Å². The Morgan fingerprint density at radius 2 is 1.92 bits per heavy atom. The van der Waals surface area contributed by atoms with Gasteiger partial charge in [-0.3, -0.25) is 9.59 Å². The maximum absolute atomic E-state index is 12.7. The van der Waals surface area contributed by atoms with E-state index in [0.717, 1.165) is 36.5 Å². The Hall–Kier alpha value is -2.48. The predicted molar refractivity (Wildman–Crippen MR) is 100 cm³/mol. The van der Waals surface area contributed by atoms with Gasteiger partial charge in [0.1, 0.15) is 5.82 Å². The minimum Gasteiger partial charge on any atom is -0.366 e. The van der Waals surface area contributed by atoms with E-state index in [9.17, 15) is 9.59 Å². The van der Waals surface area contributed by atoms with Gasteiger partial charge in [-0.2, -0.15) is 5.10 Å². The van der Waals surface area contributed by atoms with Gasteiger partial charge in [0.2, 0.25) is 5.91 Å². The molecule has 0 radical (unpaired) electrons. The first-order valence-corrected chi connectivity index (χ1v) is 9.75. The van der Waals surface area contributed by atoms with Crippen LogP contribution in [-0.4, -0.2) is 46.0 Å². The number of nitrogens with one attached hydrogen (secondary N) is 2. The number of rotatable bonds is 5. The summed E-state index contributed by atoms with van der Waals surface area (Å²) >= 11 is 1.35. The molecule has 2 aromatic rings. The summed E-state index contributed by atoms with van der Waals surface area (Å²) in [6, 6.07) is 7.67. The van der Waals surface area contributed by atoms with Crippen molar-refractivity contribution < 1.29 is 9.59 Å². The Balaban J connectivity index is 1.29. The van der Waals surface area contributed by atoms with Crippen molar-refractivity contribution in [3.05, 3.63) is 35.3 Å². The summed E-state index contributed by atoms with van der Waals surface area (Å²) in [5.41, 5.74) is 0. The smallest absolute Gasteiger partial charge is 0.263 e. The van der Waals surface area contributed by atoms with Gasteiger partial charge in [-0.1, -0.05) is 0 Å². The van der Waals surface area contributed by atoms with Crippen molar-refractivity contribution in [2.45, 2.75) is 31.7 Å². The minimum atomic E-state index is 0.0415. The van der Waals surface area contributed by atoms with E-state index in [1.54, 1.807) is 12.3 Å². The molecule has 2 fully saturated rings. The fourth-order valence-electron chi connectivity index (χ4n) is 3.06. The SMILES string of the molecule is O=C(Nc1ccc(C(=O)N2CCC(Nc3cccnn3)CC2)s1)C1CC1. The topological polar surface area (TPSA) is 87.2 Å². The van der Waals surface area contributed by atoms with E-state index in [0.29, 0.717) is 24.0 Å². The van der Waals surface area contributed by atoms with Gasteiger partial charge in [-0.25, -0.2) is 0 Å². The van der Waals surface area contributed by atoms with E-state index in [1.165, 1.54) is 11.3 Å². The normalized spacial score (nSPS) is 17.8. The van der Waals surface area contributed by atoms with Crippen LogP contribution in [0.4, 0.5) is 10.8 Å². The highest BCUT2D eigenvalue weighted by Crippen LogP contribution is 2.32. The van der Waals surface area contributed by atoms with Crippen molar-refractivity contribution in [1.82, 2.24) is 15.1 Å². The van der Waals surface area contributed by atoms with Gasteiger partial charge < -0.3 is 15.5 Å². The molecule has 0 bridgehead atoms. The highest BCUT2D eigenvalue weighted by atomic mass is 32.1. The summed E-state index contributed by atoms with van der Waals surface area (Å²) in [7, 11) is 0. The molecule has 2 amide bonds. The average molecular weight is 371 g/mol. The van der Waals surface area contributed by atoms with Crippen LogP contribution in [0.15, 0.2) is 30.5 Å². The quantitative estimate of drug-likeness (QED) is 0.844. The highest BCUT2D eigenvalue weighted by Gasteiger charge is 2.30. The molecule has 2 N–H and O–H groups in total. The molecule has 0 aromatic carbocycles. The highest BCUT2D eigenvalue weighted by molar-refractivity contribution is 7.18. The van der Waals surface area contributed by atoms with E-state index >= 15 is 0 Å². The standard InChI is InChI=1S/C18H21N5O2S/c24-17(12-3-4-12)21-16-6-5-14(26-16)18(25)23-10-7-13(8-11-23)20-15-2-1-9-19-22-15/h1-2,5-6,9,12-13H,3-4,7-8,10-11H2,(H,20,22)(H,21,24). The molecule has 7 nitrogen and oxygen atoms in total. The first-order chi connectivity index (χ1) is 12.7. The zero-order valence-electron chi connectivity index (χ0n) is 14.4. The zero-order chi connectivity index (χ0) is 17.9. The van der Waals surface area contributed by atoms with Gasteiger partial charge in [-0.05, 0) is 49.9 Å². The number of anilines is 2. The molecule has 136 valence electrons. The molecule has 2 aliphatic rings. The summed E-state index contributed by atoms with van der Waals surface area (Å²) in [4.78, 5) is 27.1. The van der Waals surface area contributed by atoms with Crippen LogP contribution in [0, 0.1) is 5.92 Å². The van der Waals surface area contributed by atoms with Crippen molar-refractivity contribution in [2.24, 2.45) is 5.92 Å². The predicted octanol–water partition coefficient (Wildman–Crippen LogP) is 2.60. The van der Waals surface area contributed by atoms with Gasteiger partial charge in [-0.15, -0.1) is 16.4 Å². The lowest BCUT2D eigenvalue weighted by molar-refractivity contribution is -0.117. The third-order valence-electron chi connectivity index (χ3n) is 4.72. The molecular formula is C18H21N5O2S. The Morgan fingerprint density at radius 1 is 1.12 bits per heavy atom. The maximum Gasteiger partial charge on any atom is 0.263 e. The van der Waals surface area contributed by atoms with Crippen LogP contribution in [0.5, 0.6) is 0 Å². The molecule has 1 aliphatic carbocycles. The van der Waals surface area contributed by atoms with Crippen LogP contribution in [-0.2, 0) is 4.79 Å². The Kier molecular flexibility index (Phi) is 4.83. The van der Waals surface area contributed by atoms with Crippen molar-refractivity contribution in [1.29, 1.82) is 0 Å². The third-order valence-corrected chi connectivity index (χ3v) is 5.71. The fraction of sp³-hybridized carbons (Fsp3) is 0.444. The second kappa shape index (κ2) is 7.41. The van der Waals surface area contributed by atoms with Gasteiger partial charge in [0.15, 0.2) is 0 Å². The van der Waals surface area contributed by atoms with E-state index < -0.39 is 0 Å². The fourth-order valence-corrected chi connectivity index (χ4v) is 3.94. The van der Waals surface area contributed by atoms with Crippen LogP contribution < -0.4 is 10.6 Å². The maximum atomic E-state index is 12.7. The second-order valence-corrected chi connectivity index (χ2v) is 7.83. The van der Waals surface area contributed by atoms with Gasteiger partial charge in [0.05, 0.1) is 9.88 Å². The molecule has 3 heterocycles. The minimum absolute atomic E-state index is 0.0415. The molecule has 0 atom stereocenters. The number of carbonyl (C=O) groups is 2. The molecule has 26 heavy (non-hydrogen) atoms. The lowest BCUT2D eigenvalue weighted by Gasteiger charge is -2.32. The first-order valence-electron chi connectivity index (χ1n) is 8.93. The summed E-state index contributed by atoms with van der Waals surface area (Å²) in [5, 5.41) is 14.9. The monoisotopic (exact) mass is 371 g/mol. The third kappa shape index (κ3) is 4.01. The summed E-state index contributed by atoms with van der Waals surface area (Å²) < 4.78 is 0. The number of carbonyl (C=O) groups excluding carboxylic acids is 2. The molecule has 4 rings (SSSR count). The van der Waals surface area contributed by atoms with E-state index in [4.69, 9.17) is 0 Å². The lowest BCUT2D eigenvalue weighted by Crippen LogP contribution is -2.42. The number of aromatic nitrogens is 2. The molecule has 1 aliphatic heterocycles. The van der Waals surface area contributed by atoms with Crippen LogP contribution in [0.1, 0.15) is 35.4 Å². The molecule has 1 saturated carbocycles. The van der Waals surface area contributed by atoms with E-state index in [1.807, 2.05) is 23.1 Å². The van der Waals surface area contributed by atoms with Crippen molar-refractivity contribution in [3.63, 3.8) is 0 Å². The number of likely N-dealkylation sites (tertiary alicyclic amines) is 1. The van der Waals surface area contributed by atoms with Crippen molar-refractivity contribution in [2.75, 3.05) is 23.7 Å². The summed E-state index contributed by atoms with van der Waals surface area (Å²) in [5.74, 6) is 1.05. The molecule has 0 unspecified atom stereocenters. The molecule has 1 saturated heterocycles.